The van der Waals surface area contributed by atoms with Gasteiger partial charge in [0.1, 0.15) is 0 Å². The molecule has 2 N–H and O–H groups in total. The molecule has 1 aromatic rings. The first kappa shape index (κ1) is 16.4. The summed E-state index contributed by atoms with van der Waals surface area (Å²) in [7, 11) is 0. The zero-order valence-electron chi connectivity index (χ0n) is 13.1. The van der Waals surface area contributed by atoms with Crippen molar-refractivity contribution in [3.05, 3.63) is 33.9 Å². The van der Waals surface area contributed by atoms with Gasteiger partial charge in [-0.2, -0.15) is 0 Å². The van der Waals surface area contributed by atoms with Crippen molar-refractivity contribution in [3.63, 3.8) is 0 Å². The zero-order valence-corrected chi connectivity index (χ0v) is 13.1. The fourth-order valence-corrected chi connectivity index (χ4v) is 2.84. The molecule has 0 unspecified atom stereocenters. The minimum Gasteiger partial charge on any atom is -0.324 e. The van der Waals surface area contributed by atoms with E-state index in [1.807, 2.05) is 6.92 Å². The number of amides is 1. The summed E-state index contributed by atoms with van der Waals surface area (Å²) in [6.07, 6.45) is 5.95. The average molecular weight is 305 g/mol. The zero-order chi connectivity index (χ0) is 16.1. The third-order valence-electron chi connectivity index (χ3n) is 4.16. The van der Waals surface area contributed by atoms with E-state index in [1.54, 1.807) is 13.0 Å². The molecule has 6 nitrogen and oxygen atoms in total. The van der Waals surface area contributed by atoms with E-state index < -0.39 is 4.92 Å². The van der Waals surface area contributed by atoms with Crippen molar-refractivity contribution in [3.8, 4) is 0 Å². The molecule has 1 aromatic carbocycles. The van der Waals surface area contributed by atoms with Gasteiger partial charge in [-0.15, -0.1) is 0 Å². The number of nitro groups is 1. The second kappa shape index (κ2) is 7.35. The van der Waals surface area contributed by atoms with Crippen molar-refractivity contribution in [2.75, 3.05) is 5.32 Å². The second-order valence-corrected chi connectivity index (χ2v) is 5.97. The van der Waals surface area contributed by atoms with Crippen molar-refractivity contribution < 1.29 is 9.72 Å². The molecule has 22 heavy (non-hydrogen) atoms. The number of anilines is 1. The van der Waals surface area contributed by atoms with E-state index in [9.17, 15) is 14.9 Å². The van der Waals surface area contributed by atoms with Gasteiger partial charge in [0.25, 0.3) is 5.69 Å². The van der Waals surface area contributed by atoms with Crippen LogP contribution in [0.3, 0.4) is 0 Å². The van der Waals surface area contributed by atoms with Crippen LogP contribution >= 0.6 is 0 Å². The number of aryl methyl sites for hydroxylation is 1. The average Bonchev–Trinajstić information content (AvgIpc) is 2.50. The van der Waals surface area contributed by atoms with E-state index in [0.717, 1.165) is 12.8 Å². The topological polar surface area (TPSA) is 84.3 Å². The van der Waals surface area contributed by atoms with Crippen molar-refractivity contribution >= 4 is 17.3 Å². The molecule has 1 saturated carbocycles. The highest BCUT2D eigenvalue weighted by Gasteiger charge is 2.20. The lowest BCUT2D eigenvalue weighted by molar-refractivity contribution is -0.384. The first-order valence-electron chi connectivity index (χ1n) is 7.79. The maximum absolute atomic E-state index is 12.2. The van der Waals surface area contributed by atoms with Gasteiger partial charge in [-0.25, -0.2) is 0 Å². The van der Waals surface area contributed by atoms with Crippen LogP contribution in [0.2, 0.25) is 0 Å². The van der Waals surface area contributed by atoms with E-state index in [4.69, 9.17) is 0 Å². The van der Waals surface area contributed by atoms with Gasteiger partial charge in [0.15, 0.2) is 0 Å². The molecule has 1 fully saturated rings. The highest BCUT2D eigenvalue weighted by atomic mass is 16.6. The molecule has 2 rings (SSSR count). The molecule has 1 aliphatic rings. The third-order valence-corrected chi connectivity index (χ3v) is 4.16. The molecule has 0 heterocycles. The number of nitro benzene ring substituents is 1. The minimum atomic E-state index is -0.439. The van der Waals surface area contributed by atoms with E-state index in [-0.39, 0.29) is 17.6 Å². The van der Waals surface area contributed by atoms with Crippen LogP contribution in [-0.4, -0.2) is 22.9 Å². The molecular formula is C16H23N3O3. The molecular weight excluding hydrogens is 282 g/mol. The molecule has 0 aromatic heterocycles. The third kappa shape index (κ3) is 4.27. The predicted molar refractivity (Wildman–Crippen MR) is 85.9 cm³/mol. The fraction of sp³-hybridized carbons (Fsp3) is 0.562. The molecule has 6 heteroatoms. The monoisotopic (exact) mass is 305 g/mol. The Morgan fingerprint density at radius 2 is 2.00 bits per heavy atom. The summed E-state index contributed by atoms with van der Waals surface area (Å²) >= 11 is 0. The van der Waals surface area contributed by atoms with E-state index >= 15 is 0 Å². The molecule has 0 saturated heterocycles. The highest BCUT2D eigenvalue weighted by molar-refractivity contribution is 5.95. The van der Waals surface area contributed by atoms with Crippen LogP contribution in [0.4, 0.5) is 11.4 Å². The number of carbonyl (C=O) groups is 1. The second-order valence-electron chi connectivity index (χ2n) is 5.97. The number of nitrogens with zero attached hydrogens (tertiary/aromatic N) is 1. The summed E-state index contributed by atoms with van der Waals surface area (Å²) in [6.45, 7) is 3.60. The van der Waals surface area contributed by atoms with Gasteiger partial charge in [0.2, 0.25) is 5.91 Å². The van der Waals surface area contributed by atoms with Crippen LogP contribution in [0.15, 0.2) is 18.2 Å². The molecule has 0 aliphatic heterocycles. The minimum absolute atomic E-state index is 0.0314. The van der Waals surface area contributed by atoms with Gasteiger partial charge in [-0.1, -0.05) is 19.3 Å². The van der Waals surface area contributed by atoms with E-state index in [0.29, 0.717) is 17.3 Å². The summed E-state index contributed by atoms with van der Waals surface area (Å²) in [6, 6.07) is 4.58. The molecule has 120 valence electrons. The fourth-order valence-electron chi connectivity index (χ4n) is 2.84. The Kier molecular flexibility index (Phi) is 5.49. The molecule has 0 spiro atoms. The van der Waals surface area contributed by atoms with Crippen LogP contribution < -0.4 is 10.6 Å². The van der Waals surface area contributed by atoms with Gasteiger partial charge in [-0.05, 0) is 38.3 Å². The van der Waals surface area contributed by atoms with Crippen LogP contribution in [0, 0.1) is 17.0 Å². The standard InChI is InChI=1S/C16H23N3O3/c1-11-10-14(19(21)22)8-9-15(11)18-16(20)12(2)17-13-6-4-3-5-7-13/h8-10,12-13,17H,3-7H2,1-2H3,(H,18,20)/t12-/m0/s1. The van der Waals surface area contributed by atoms with Crippen molar-refractivity contribution in [2.24, 2.45) is 0 Å². The Morgan fingerprint density at radius 1 is 1.32 bits per heavy atom. The Morgan fingerprint density at radius 3 is 2.59 bits per heavy atom. The summed E-state index contributed by atoms with van der Waals surface area (Å²) in [4.78, 5) is 22.5. The largest absolute Gasteiger partial charge is 0.324 e. The Bertz CT molecular complexity index is 554. The number of hydrogen-bond acceptors (Lipinski definition) is 4. The van der Waals surface area contributed by atoms with Gasteiger partial charge in [-0.3, -0.25) is 14.9 Å². The van der Waals surface area contributed by atoms with Crippen LogP contribution in [0.25, 0.3) is 0 Å². The number of carbonyl (C=O) groups excluding carboxylic acids is 1. The van der Waals surface area contributed by atoms with Crippen LogP contribution in [-0.2, 0) is 4.79 Å². The van der Waals surface area contributed by atoms with Crippen molar-refractivity contribution in [1.82, 2.24) is 5.32 Å². The quantitative estimate of drug-likeness (QED) is 0.646. The first-order valence-corrected chi connectivity index (χ1v) is 7.79. The smallest absolute Gasteiger partial charge is 0.269 e. The summed E-state index contributed by atoms with van der Waals surface area (Å²) in [5.41, 5.74) is 1.34. The first-order chi connectivity index (χ1) is 10.5. The van der Waals surface area contributed by atoms with Gasteiger partial charge in [0.05, 0.1) is 11.0 Å². The number of hydrogen-bond donors (Lipinski definition) is 2. The maximum Gasteiger partial charge on any atom is 0.269 e. The van der Waals surface area contributed by atoms with Crippen LogP contribution in [0.5, 0.6) is 0 Å². The molecule has 0 radical (unpaired) electrons. The summed E-state index contributed by atoms with van der Waals surface area (Å²) in [5.74, 6) is -0.109. The van der Waals surface area contributed by atoms with Crippen molar-refractivity contribution in [1.29, 1.82) is 0 Å². The normalized spacial score (nSPS) is 17.0. The van der Waals surface area contributed by atoms with Gasteiger partial charge < -0.3 is 10.6 Å². The summed E-state index contributed by atoms with van der Waals surface area (Å²) in [5, 5.41) is 16.9. The lowest BCUT2D eigenvalue weighted by Gasteiger charge is -2.26. The van der Waals surface area contributed by atoms with E-state index in [2.05, 4.69) is 10.6 Å². The number of rotatable bonds is 5. The predicted octanol–water partition coefficient (Wildman–Crippen LogP) is 3.15. The van der Waals surface area contributed by atoms with Gasteiger partial charge in [0, 0.05) is 23.9 Å². The lowest BCUT2D eigenvalue weighted by Crippen LogP contribution is -2.44. The SMILES string of the molecule is Cc1cc([N+](=O)[O-])ccc1NC(=O)[C@H](C)NC1CCCCC1. The lowest BCUT2D eigenvalue weighted by atomic mass is 9.95. The molecule has 1 atom stereocenters. The number of nitrogens with one attached hydrogen (secondary N) is 2. The highest BCUT2D eigenvalue weighted by Crippen LogP contribution is 2.22. The van der Waals surface area contributed by atoms with Crippen LogP contribution in [0.1, 0.15) is 44.6 Å². The number of benzene rings is 1. The maximum atomic E-state index is 12.2. The molecule has 1 aliphatic carbocycles. The Hall–Kier alpha value is -1.95. The van der Waals surface area contributed by atoms with Crippen molar-refractivity contribution in [2.45, 2.75) is 58.0 Å². The Balaban J connectivity index is 1.94. The van der Waals surface area contributed by atoms with E-state index in [1.165, 1.54) is 31.4 Å². The Labute approximate surface area is 130 Å². The molecule has 1 amide bonds. The molecule has 0 bridgehead atoms. The number of non-ortho nitro benzene ring substituents is 1. The van der Waals surface area contributed by atoms with Gasteiger partial charge >= 0.3 is 0 Å². The summed E-state index contributed by atoms with van der Waals surface area (Å²) < 4.78 is 0.